The Bertz CT molecular complexity index is 1320. The van der Waals surface area contributed by atoms with Gasteiger partial charge < -0.3 is 24.2 Å². The van der Waals surface area contributed by atoms with Gasteiger partial charge in [-0.3, -0.25) is 9.69 Å². The lowest BCUT2D eigenvalue weighted by molar-refractivity contribution is -0.0169. The molecule has 1 saturated heterocycles. The Kier molecular flexibility index (Phi) is 10.8. The first-order valence-corrected chi connectivity index (χ1v) is 15.6. The van der Waals surface area contributed by atoms with Crippen molar-refractivity contribution < 1.29 is 24.1 Å². The summed E-state index contributed by atoms with van der Waals surface area (Å²) in [7, 11) is 3.52. The number of nitrogens with zero attached hydrogens (tertiary/aromatic N) is 2. The molecule has 1 N–H and O–H groups in total. The SMILES string of the molecule is COCC1(COC)CCC(c2ccc(Oc3ccc(C(=O)N4CCN(Cc5ccc(Cl)cc5)CC4)cc3)c(CO)c2)CC1. The normalized spacial score (nSPS) is 17.6. The maximum absolute atomic E-state index is 13.2. The topological polar surface area (TPSA) is 71.5 Å². The minimum absolute atomic E-state index is 0.0330. The van der Waals surface area contributed by atoms with E-state index in [2.05, 4.69) is 29.2 Å². The van der Waals surface area contributed by atoms with Crippen molar-refractivity contribution in [2.75, 3.05) is 53.6 Å². The van der Waals surface area contributed by atoms with Crippen molar-refractivity contribution in [1.82, 2.24) is 9.80 Å². The fraction of sp³-hybridized carbons (Fsp3) is 0.457. The number of hydrogen-bond donors (Lipinski definition) is 1. The summed E-state index contributed by atoms with van der Waals surface area (Å²) in [5.74, 6) is 1.73. The van der Waals surface area contributed by atoms with Crippen LogP contribution >= 0.6 is 11.6 Å². The molecule has 8 heteroatoms. The number of halogens is 1. The number of carbonyl (C=O) groups is 1. The summed E-state index contributed by atoms with van der Waals surface area (Å²) in [4.78, 5) is 17.5. The zero-order valence-electron chi connectivity index (χ0n) is 25.3. The lowest BCUT2D eigenvalue weighted by atomic mass is 9.69. The molecule has 230 valence electrons. The van der Waals surface area contributed by atoms with Gasteiger partial charge in [-0.05, 0) is 91.3 Å². The third kappa shape index (κ3) is 7.97. The van der Waals surface area contributed by atoms with Crippen molar-refractivity contribution in [3.05, 3.63) is 94.0 Å². The molecule has 1 aliphatic heterocycles. The zero-order valence-corrected chi connectivity index (χ0v) is 26.0. The molecule has 7 nitrogen and oxygen atoms in total. The molecule has 1 saturated carbocycles. The second-order valence-corrected chi connectivity index (χ2v) is 12.4. The van der Waals surface area contributed by atoms with Gasteiger partial charge in [0.25, 0.3) is 5.91 Å². The van der Waals surface area contributed by atoms with E-state index in [1.165, 1.54) is 11.1 Å². The van der Waals surface area contributed by atoms with Gasteiger partial charge in [-0.2, -0.15) is 0 Å². The molecule has 0 radical (unpaired) electrons. The van der Waals surface area contributed by atoms with Gasteiger partial charge in [0.05, 0.1) is 19.8 Å². The van der Waals surface area contributed by atoms with Crippen molar-refractivity contribution in [3.8, 4) is 11.5 Å². The predicted molar refractivity (Wildman–Crippen MR) is 169 cm³/mol. The van der Waals surface area contributed by atoms with Gasteiger partial charge in [-0.15, -0.1) is 0 Å². The van der Waals surface area contributed by atoms with E-state index in [0.717, 1.165) is 55.9 Å². The van der Waals surface area contributed by atoms with E-state index < -0.39 is 0 Å². The van der Waals surface area contributed by atoms with E-state index in [1.807, 2.05) is 47.4 Å². The van der Waals surface area contributed by atoms with Gasteiger partial charge in [0.15, 0.2) is 0 Å². The standard InChI is InChI=1S/C35H43ClN2O5/c1-41-24-35(25-42-2)15-13-27(14-16-35)29-7-12-33(30(21-29)23-39)43-32-10-5-28(6-11-32)34(40)38-19-17-37(18-20-38)22-26-3-8-31(36)9-4-26/h3-12,21,27,39H,13-20,22-25H2,1-2H3. The number of aliphatic hydroxyl groups excluding tert-OH is 1. The monoisotopic (exact) mass is 606 g/mol. The molecule has 1 amide bonds. The Labute approximate surface area is 260 Å². The largest absolute Gasteiger partial charge is 0.457 e. The number of ether oxygens (including phenoxy) is 3. The fourth-order valence-corrected chi connectivity index (χ4v) is 6.64. The van der Waals surface area contributed by atoms with Crippen LogP contribution in [0, 0.1) is 5.41 Å². The van der Waals surface area contributed by atoms with Crippen molar-refractivity contribution in [3.63, 3.8) is 0 Å². The van der Waals surface area contributed by atoms with Crippen LogP contribution in [-0.2, 0) is 22.6 Å². The number of hydrogen-bond acceptors (Lipinski definition) is 6. The van der Waals surface area contributed by atoms with Crippen molar-refractivity contribution >= 4 is 17.5 Å². The molecule has 1 aliphatic carbocycles. The van der Waals surface area contributed by atoms with Crippen molar-refractivity contribution in [1.29, 1.82) is 0 Å². The molecule has 0 atom stereocenters. The smallest absolute Gasteiger partial charge is 0.253 e. The summed E-state index contributed by atoms with van der Waals surface area (Å²) >= 11 is 6.00. The highest BCUT2D eigenvalue weighted by molar-refractivity contribution is 6.30. The van der Waals surface area contributed by atoms with E-state index in [-0.39, 0.29) is 17.9 Å². The van der Waals surface area contributed by atoms with Gasteiger partial charge in [0.1, 0.15) is 11.5 Å². The molecule has 0 spiro atoms. The average molecular weight is 607 g/mol. The molecule has 0 aromatic heterocycles. The molecule has 1 heterocycles. The zero-order chi connectivity index (χ0) is 30.2. The molecule has 43 heavy (non-hydrogen) atoms. The minimum atomic E-state index is -0.103. The number of rotatable bonds is 11. The van der Waals surface area contributed by atoms with Crippen LogP contribution in [0.4, 0.5) is 0 Å². The molecule has 3 aromatic carbocycles. The Balaban J connectivity index is 1.15. The molecule has 0 unspecified atom stereocenters. The summed E-state index contributed by atoms with van der Waals surface area (Å²) in [5.41, 5.74) is 3.95. The predicted octanol–water partition coefficient (Wildman–Crippen LogP) is 6.52. The number of amides is 1. The average Bonchev–Trinajstić information content (AvgIpc) is 3.03. The highest BCUT2D eigenvalue weighted by Crippen LogP contribution is 2.44. The van der Waals surface area contributed by atoms with Gasteiger partial charge in [0, 0.05) is 68.5 Å². The Hall–Kier alpha value is -2.94. The van der Waals surface area contributed by atoms with E-state index in [0.29, 0.717) is 49.3 Å². The first-order valence-electron chi connectivity index (χ1n) is 15.2. The first kappa shape index (κ1) is 31.5. The third-order valence-corrected chi connectivity index (χ3v) is 9.23. The van der Waals surface area contributed by atoms with E-state index in [9.17, 15) is 9.90 Å². The van der Waals surface area contributed by atoms with E-state index in [4.69, 9.17) is 25.8 Å². The van der Waals surface area contributed by atoms with Crippen molar-refractivity contribution in [2.45, 2.75) is 44.8 Å². The highest BCUT2D eigenvalue weighted by Gasteiger charge is 2.36. The molecular formula is C35H43ClN2O5. The number of benzene rings is 3. The molecule has 5 rings (SSSR count). The van der Waals surface area contributed by atoms with Crippen molar-refractivity contribution in [2.24, 2.45) is 5.41 Å². The number of methoxy groups -OCH3 is 2. The van der Waals surface area contributed by atoms with Gasteiger partial charge in [-0.1, -0.05) is 29.8 Å². The molecular weight excluding hydrogens is 564 g/mol. The van der Waals surface area contributed by atoms with Crippen LogP contribution < -0.4 is 4.74 Å². The van der Waals surface area contributed by atoms with Crippen LogP contribution in [0.25, 0.3) is 0 Å². The number of piperazine rings is 1. The number of aliphatic hydroxyl groups is 1. The van der Waals surface area contributed by atoms with Crippen LogP contribution in [-0.4, -0.2) is 74.4 Å². The molecule has 2 aliphatic rings. The van der Waals surface area contributed by atoms with Gasteiger partial charge >= 0.3 is 0 Å². The summed E-state index contributed by atoms with van der Waals surface area (Å²) in [6.07, 6.45) is 4.22. The summed E-state index contributed by atoms with van der Waals surface area (Å²) in [6.45, 7) is 5.23. The summed E-state index contributed by atoms with van der Waals surface area (Å²) in [6, 6.07) is 21.4. The van der Waals surface area contributed by atoms with E-state index >= 15 is 0 Å². The number of carbonyl (C=O) groups excluding carboxylic acids is 1. The molecule has 2 fully saturated rings. The maximum atomic E-state index is 13.2. The molecule has 0 bridgehead atoms. The third-order valence-electron chi connectivity index (χ3n) is 8.98. The van der Waals surface area contributed by atoms with E-state index in [1.54, 1.807) is 14.2 Å². The maximum Gasteiger partial charge on any atom is 0.253 e. The first-order chi connectivity index (χ1) is 20.9. The lowest BCUT2D eigenvalue weighted by Crippen LogP contribution is -2.48. The summed E-state index contributed by atoms with van der Waals surface area (Å²) < 4.78 is 17.2. The van der Waals surface area contributed by atoms with Crippen LogP contribution in [0.1, 0.15) is 58.6 Å². The minimum Gasteiger partial charge on any atom is -0.457 e. The van der Waals surface area contributed by atoms with Crippen LogP contribution in [0.2, 0.25) is 5.02 Å². The fourth-order valence-electron chi connectivity index (χ4n) is 6.51. The van der Waals surface area contributed by atoms with Crippen LogP contribution in [0.5, 0.6) is 11.5 Å². The Morgan fingerprint density at radius 2 is 1.56 bits per heavy atom. The second kappa shape index (κ2) is 14.7. The van der Waals surface area contributed by atoms with Gasteiger partial charge in [-0.25, -0.2) is 0 Å². The van der Waals surface area contributed by atoms with Gasteiger partial charge in [0.2, 0.25) is 0 Å². The highest BCUT2D eigenvalue weighted by atomic mass is 35.5. The Morgan fingerprint density at radius 3 is 2.16 bits per heavy atom. The second-order valence-electron chi connectivity index (χ2n) is 12.0. The quantitative estimate of drug-likeness (QED) is 0.268. The Morgan fingerprint density at radius 1 is 0.907 bits per heavy atom. The summed E-state index contributed by atoms with van der Waals surface area (Å²) in [5, 5.41) is 10.9. The lowest BCUT2D eigenvalue weighted by Gasteiger charge is -2.39. The van der Waals surface area contributed by atoms with Crippen LogP contribution in [0.15, 0.2) is 66.7 Å². The molecule has 3 aromatic rings. The van der Waals surface area contributed by atoms with Crippen LogP contribution in [0.3, 0.4) is 0 Å².